The standard InChI is InChI=1S/C23H19ClN2O3/c1-3-15-5-8-17(9-6-15)26-23(28)19(22(27)25-26)13-18-10-11-21(29-18)16-7-4-14(2)20(24)12-16/h4-13H,3H2,1-2H3,(H,25,27)/b19-13-. The Balaban J connectivity index is 1.59. The van der Waals surface area contributed by atoms with Crippen LogP contribution >= 0.6 is 11.6 Å². The Morgan fingerprint density at radius 2 is 1.83 bits per heavy atom. The number of furan rings is 1. The molecule has 4 rings (SSSR count). The zero-order valence-corrected chi connectivity index (χ0v) is 16.8. The van der Waals surface area contributed by atoms with Crippen molar-refractivity contribution in [2.45, 2.75) is 20.3 Å². The second-order valence-corrected chi connectivity index (χ2v) is 7.23. The number of hydrogen-bond acceptors (Lipinski definition) is 3. The zero-order valence-electron chi connectivity index (χ0n) is 16.0. The smallest absolute Gasteiger partial charge is 0.282 e. The number of nitrogens with zero attached hydrogens (tertiary/aromatic N) is 1. The summed E-state index contributed by atoms with van der Waals surface area (Å²) in [4.78, 5) is 25.1. The minimum Gasteiger partial charge on any atom is -0.457 e. The van der Waals surface area contributed by atoms with E-state index in [1.165, 1.54) is 11.1 Å². The summed E-state index contributed by atoms with van der Waals surface area (Å²) in [6.45, 7) is 3.98. The Kier molecular flexibility index (Phi) is 4.99. The SMILES string of the molecule is CCc1ccc(N2NC(=O)/C(=C/c3ccc(-c4ccc(C)c(Cl)c4)o3)C2=O)cc1. The maximum absolute atomic E-state index is 12.7. The first kappa shape index (κ1) is 19.0. The number of amides is 2. The summed E-state index contributed by atoms with van der Waals surface area (Å²) < 4.78 is 5.81. The number of hydrazine groups is 1. The summed E-state index contributed by atoms with van der Waals surface area (Å²) in [6.07, 6.45) is 2.36. The highest BCUT2D eigenvalue weighted by atomic mass is 35.5. The molecule has 5 nitrogen and oxygen atoms in total. The fraction of sp³-hybridized carbons (Fsp3) is 0.130. The van der Waals surface area contributed by atoms with E-state index >= 15 is 0 Å². The van der Waals surface area contributed by atoms with Gasteiger partial charge in [-0.15, -0.1) is 0 Å². The summed E-state index contributed by atoms with van der Waals surface area (Å²) in [6, 6.07) is 16.6. The molecule has 2 amide bonds. The third-order valence-corrected chi connectivity index (χ3v) is 5.27. The molecule has 0 aliphatic carbocycles. The number of anilines is 1. The van der Waals surface area contributed by atoms with E-state index in [4.69, 9.17) is 16.0 Å². The number of halogens is 1. The average molecular weight is 407 g/mol. The van der Waals surface area contributed by atoms with Gasteiger partial charge in [-0.3, -0.25) is 15.0 Å². The van der Waals surface area contributed by atoms with Gasteiger partial charge in [-0.25, -0.2) is 5.01 Å². The van der Waals surface area contributed by atoms with Crippen LogP contribution in [0.5, 0.6) is 0 Å². The first-order valence-corrected chi connectivity index (χ1v) is 9.66. The highest BCUT2D eigenvalue weighted by Gasteiger charge is 2.34. The quantitative estimate of drug-likeness (QED) is 0.493. The molecule has 1 aliphatic heterocycles. The third kappa shape index (κ3) is 3.69. The summed E-state index contributed by atoms with van der Waals surface area (Å²) >= 11 is 6.18. The van der Waals surface area contributed by atoms with Crippen molar-refractivity contribution in [2.24, 2.45) is 0 Å². The lowest BCUT2D eigenvalue weighted by Gasteiger charge is -2.14. The van der Waals surface area contributed by atoms with Crippen molar-refractivity contribution in [3.8, 4) is 11.3 Å². The van der Waals surface area contributed by atoms with Crippen LogP contribution in [0.2, 0.25) is 5.02 Å². The average Bonchev–Trinajstić information content (AvgIpc) is 3.30. The van der Waals surface area contributed by atoms with E-state index in [0.717, 1.165) is 23.1 Å². The molecule has 2 aromatic carbocycles. The molecule has 146 valence electrons. The van der Waals surface area contributed by atoms with Gasteiger partial charge in [-0.1, -0.05) is 42.8 Å². The van der Waals surface area contributed by atoms with Crippen molar-refractivity contribution in [3.63, 3.8) is 0 Å². The molecule has 1 N–H and O–H groups in total. The molecule has 1 aliphatic rings. The van der Waals surface area contributed by atoms with Gasteiger partial charge in [0.2, 0.25) is 0 Å². The largest absolute Gasteiger partial charge is 0.457 e. The maximum atomic E-state index is 12.7. The van der Waals surface area contributed by atoms with Gasteiger partial charge in [0.05, 0.1) is 5.69 Å². The highest BCUT2D eigenvalue weighted by Crippen LogP contribution is 2.28. The van der Waals surface area contributed by atoms with E-state index in [-0.39, 0.29) is 5.57 Å². The second kappa shape index (κ2) is 7.60. The number of carbonyl (C=O) groups is 2. The van der Waals surface area contributed by atoms with Crippen molar-refractivity contribution in [2.75, 3.05) is 5.01 Å². The van der Waals surface area contributed by atoms with E-state index in [2.05, 4.69) is 12.3 Å². The molecular formula is C23H19ClN2O3. The molecule has 0 saturated carbocycles. The monoisotopic (exact) mass is 406 g/mol. The fourth-order valence-electron chi connectivity index (χ4n) is 3.09. The van der Waals surface area contributed by atoms with Crippen LogP contribution in [-0.2, 0) is 16.0 Å². The van der Waals surface area contributed by atoms with E-state index in [1.54, 1.807) is 12.1 Å². The third-order valence-electron chi connectivity index (χ3n) is 4.86. The number of hydrogen-bond donors (Lipinski definition) is 1. The maximum Gasteiger partial charge on any atom is 0.282 e. The van der Waals surface area contributed by atoms with Crippen molar-refractivity contribution < 1.29 is 14.0 Å². The number of carbonyl (C=O) groups excluding carboxylic acids is 2. The lowest BCUT2D eigenvalue weighted by Crippen LogP contribution is -2.35. The molecule has 0 radical (unpaired) electrons. The number of nitrogens with one attached hydrogen (secondary N) is 1. The van der Waals surface area contributed by atoms with Gasteiger partial charge in [0.1, 0.15) is 17.1 Å². The Morgan fingerprint density at radius 1 is 1.07 bits per heavy atom. The predicted molar refractivity (Wildman–Crippen MR) is 113 cm³/mol. The Hall–Kier alpha value is -3.31. The first-order valence-electron chi connectivity index (χ1n) is 9.28. The van der Waals surface area contributed by atoms with Gasteiger partial charge in [0, 0.05) is 10.6 Å². The molecule has 0 spiro atoms. The molecule has 1 fully saturated rings. The Morgan fingerprint density at radius 3 is 2.52 bits per heavy atom. The van der Waals surface area contributed by atoms with Crippen LogP contribution in [-0.4, -0.2) is 11.8 Å². The van der Waals surface area contributed by atoms with Gasteiger partial charge in [0.25, 0.3) is 11.8 Å². The van der Waals surface area contributed by atoms with Gasteiger partial charge < -0.3 is 4.42 Å². The van der Waals surface area contributed by atoms with Crippen molar-refractivity contribution in [3.05, 3.63) is 82.1 Å². The van der Waals surface area contributed by atoms with Gasteiger partial charge in [-0.2, -0.15) is 0 Å². The van der Waals surface area contributed by atoms with Crippen LogP contribution < -0.4 is 10.4 Å². The summed E-state index contributed by atoms with van der Waals surface area (Å²) in [5.74, 6) is 0.136. The summed E-state index contributed by atoms with van der Waals surface area (Å²) in [5, 5.41) is 1.89. The molecule has 0 bridgehead atoms. The molecule has 1 aromatic heterocycles. The van der Waals surface area contributed by atoms with E-state index in [1.807, 2.05) is 49.4 Å². The van der Waals surface area contributed by atoms with Crippen molar-refractivity contribution in [1.29, 1.82) is 0 Å². The van der Waals surface area contributed by atoms with E-state index < -0.39 is 11.8 Å². The number of rotatable bonds is 4. The van der Waals surface area contributed by atoms with Gasteiger partial charge in [0.15, 0.2) is 0 Å². The minimum absolute atomic E-state index is 0.0207. The minimum atomic E-state index is -0.467. The second-order valence-electron chi connectivity index (χ2n) is 6.83. The summed E-state index contributed by atoms with van der Waals surface area (Å²) in [7, 11) is 0. The lowest BCUT2D eigenvalue weighted by molar-refractivity contribution is -0.117. The fourth-order valence-corrected chi connectivity index (χ4v) is 3.27. The highest BCUT2D eigenvalue weighted by molar-refractivity contribution is 6.32. The molecule has 6 heteroatoms. The van der Waals surface area contributed by atoms with E-state index in [0.29, 0.717) is 22.2 Å². The molecule has 2 heterocycles. The molecule has 0 unspecified atom stereocenters. The number of benzene rings is 2. The zero-order chi connectivity index (χ0) is 20.5. The van der Waals surface area contributed by atoms with E-state index in [9.17, 15) is 9.59 Å². The molecular weight excluding hydrogens is 388 g/mol. The van der Waals surface area contributed by atoms with Crippen LogP contribution in [0.25, 0.3) is 17.4 Å². The molecule has 3 aromatic rings. The Labute approximate surface area is 173 Å². The molecule has 29 heavy (non-hydrogen) atoms. The van der Waals surface area contributed by atoms with Crippen LogP contribution in [0.1, 0.15) is 23.8 Å². The van der Waals surface area contributed by atoms with Gasteiger partial charge in [-0.05, 0) is 60.9 Å². The molecule has 1 saturated heterocycles. The topological polar surface area (TPSA) is 62.6 Å². The van der Waals surface area contributed by atoms with Crippen LogP contribution in [0.15, 0.2) is 64.6 Å². The Bertz CT molecular complexity index is 1130. The van der Waals surface area contributed by atoms with Gasteiger partial charge >= 0.3 is 0 Å². The van der Waals surface area contributed by atoms with Crippen LogP contribution in [0, 0.1) is 6.92 Å². The van der Waals surface area contributed by atoms with Crippen molar-refractivity contribution in [1.82, 2.24) is 5.43 Å². The normalized spacial score (nSPS) is 15.3. The first-order chi connectivity index (χ1) is 14.0. The molecule has 0 atom stereocenters. The van der Waals surface area contributed by atoms with Crippen molar-refractivity contribution >= 4 is 35.2 Å². The lowest BCUT2D eigenvalue weighted by atomic mass is 10.1. The summed E-state index contributed by atoms with van der Waals surface area (Å²) in [5.41, 5.74) is 6.18. The van der Waals surface area contributed by atoms with Crippen LogP contribution in [0.3, 0.4) is 0 Å². The van der Waals surface area contributed by atoms with Crippen LogP contribution in [0.4, 0.5) is 5.69 Å². The number of aryl methyl sites for hydroxylation is 2. The predicted octanol–water partition coefficient (Wildman–Crippen LogP) is 4.93.